The van der Waals surface area contributed by atoms with E-state index in [4.69, 9.17) is 0 Å². The summed E-state index contributed by atoms with van der Waals surface area (Å²) in [5, 5.41) is 0. The quantitative estimate of drug-likeness (QED) is 0.466. The van der Waals surface area contributed by atoms with E-state index in [1.54, 1.807) is 6.08 Å². The van der Waals surface area contributed by atoms with Gasteiger partial charge < -0.3 is 0 Å². The van der Waals surface area contributed by atoms with Crippen molar-refractivity contribution in [2.75, 3.05) is 0 Å². The summed E-state index contributed by atoms with van der Waals surface area (Å²) >= 11 is 0. The van der Waals surface area contributed by atoms with Crippen molar-refractivity contribution in [3.05, 3.63) is 60.4 Å². The summed E-state index contributed by atoms with van der Waals surface area (Å²) in [6, 6.07) is 0. The number of nitrogens with zero attached hydrogens (tertiary/aromatic N) is 1. The Morgan fingerprint density at radius 3 is 2.27 bits per heavy atom. The first-order valence-corrected chi connectivity index (χ1v) is 5.07. The molecule has 0 rings (SSSR count). The standard InChI is InChI=1S/C14H19N/c1-5-9-11-13(7-3)12-15-14(8-4)10-6-2/h5-12H,1H2,2-4H3/b10-6-,11-9-,13-7+,14-8+,15-12-. The molecule has 15 heavy (non-hydrogen) atoms. The Bertz CT molecular complexity index is 325. The van der Waals surface area contributed by atoms with Gasteiger partial charge in [0.15, 0.2) is 0 Å². The molecule has 0 fully saturated rings. The summed E-state index contributed by atoms with van der Waals surface area (Å²) in [6.45, 7) is 9.57. The number of rotatable bonds is 5. The van der Waals surface area contributed by atoms with E-state index in [0.717, 1.165) is 11.3 Å². The fourth-order valence-corrected chi connectivity index (χ4v) is 0.927. The molecule has 0 unspecified atom stereocenters. The predicted molar refractivity (Wildman–Crippen MR) is 70.2 cm³/mol. The normalized spacial score (nSPS) is 14.6. The van der Waals surface area contributed by atoms with Gasteiger partial charge >= 0.3 is 0 Å². The van der Waals surface area contributed by atoms with Crippen molar-refractivity contribution in [1.82, 2.24) is 0 Å². The third kappa shape index (κ3) is 6.44. The summed E-state index contributed by atoms with van der Waals surface area (Å²) in [6.07, 6.45) is 15.4. The van der Waals surface area contributed by atoms with E-state index in [2.05, 4.69) is 11.6 Å². The topological polar surface area (TPSA) is 12.4 Å². The lowest BCUT2D eigenvalue weighted by atomic mass is 10.2. The third-order valence-electron chi connectivity index (χ3n) is 1.75. The molecule has 0 spiro atoms. The molecular weight excluding hydrogens is 182 g/mol. The Hall–Kier alpha value is -1.63. The molecule has 0 saturated carbocycles. The van der Waals surface area contributed by atoms with Gasteiger partial charge in [0, 0.05) is 6.21 Å². The summed E-state index contributed by atoms with van der Waals surface area (Å²) in [4.78, 5) is 4.35. The maximum atomic E-state index is 4.35. The SMILES string of the molecule is C=C\C=C/C(/C=N\C(\C=C/C)=C\C)=C\C. The van der Waals surface area contributed by atoms with Crippen molar-refractivity contribution in [3.8, 4) is 0 Å². The van der Waals surface area contributed by atoms with Crippen LogP contribution in [0.3, 0.4) is 0 Å². The zero-order valence-electron chi connectivity index (χ0n) is 9.77. The van der Waals surface area contributed by atoms with Crippen LogP contribution in [0.15, 0.2) is 65.4 Å². The van der Waals surface area contributed by atoms with E-state index in [9.17, 15) is 0 Å². The van der Waals surface area contributed by atoms with Crippen LogP contribution in [0.1, 0.15) is 20.8 Å². The lowest BCUT2D eigenvalue weighted by Crippen LogP contribution is -1.80. The number of hydrogen-bond acceptors (Lipinski definition) is 1. The van der Waals surface area contributed by atoms with Gasteiger partial charge in [-0.25, -0.2) is 0 Å². The summed E-state index contributed by atoms with van der Waals surface area (Å²) in [7, 11) is 0. The molecule has 1 heteroatoms. The van der Waals surface area contributed by atoms with Crippen LogP contribution in [0, 0.1) is 0 Å². The highest BCUT2D eigenvalue weighted by Crippen LogP contribution is 2.01. The first kappa shape index (κ1) is 13.4. The number of aliphatic imine (C=N–C) groups is 1. The Morgan fingerprint density at radius 2 is 1.80 bits per heavy atom. The Balaban J connectivity index is 4.61. The van der Waals surface area contributed by atoms with Crippen molar-refractivity contribution in [1.29, 1.82) is 0 Å². The van der Waals surface area contributed by atoms with Crippen molar-refractivity contribution in [2.45, 2.75) is 20.8 Å². The van der Waals surface area contributed by atoms with Crippen LogP contribution in [0.5, 0.6) is 0 Å². The van der Waals surface area contributed by atoms with E-state index in [0.29, 0.717) is 0 Å². The van der Waals surface area contributed by atoms with Gasteiger partial charge in [-0.2, -0.15) is 0 Å². The first-order chi connectivity index (χ1) is 7.28. The summed E-state index contributed by atoms with van der Waals surface area (Å²) in [5.74, 6) is 0. The van der Waals surface area contributed by atoms with Gasteiger partial charge in [-0.15, -0.1) is 0 Å². The van der Waals surface area contributed by atoms with Gasteiger partial charge in [-0.3, -0.25) is 4.99 Å². The average molecular weight is 201 g/mol. The zero-order valence-corrected chi connectivity index (χ0v) is 9.77. The first-order valence-electron chi connectivity index (χ1n) is 5.07. The Morgan fingerprint density at radius 1 is 1.07 bits per heavy atom. The molecule has 0 aromatic heterocycles. The van der Waals surface area contributed by atoms with E-state index >= 15 is 0 Å². The Labute approximate surface area is 92.9 Å². The molecule has 0 aliphatic carbocycles. The number of hydrogen-bond donors (Lipinski definition) is 0. The van der Waals surface area contributed by atoms with Gasteiger partial charge in [0.05, 0.1) is 5.70 Å². The predicted octanol–water partition coefficient (Wildman–Crippen LogP) is 4.23. The second-order valence-corrected chi connectivity index (χ2v) is 2.86. The van der Waals surface area contributed by atoms with Crippen molar-refractivity contribution in [2.24, 2.45) is 4.99 Å². The van der Waals surface area contributed by atoms with Crippen LogP contribution in [0.4, 0.5) is 0 Å². The average Bonchev–Trinajstić information content (AvgIpc) is 2.27. The largest absolute Gasteiger partial charge is 0.257 e. The van der Waals surface area contributed by atoms with Gasteiger partial charge in [-0.05, 0) is 32.4 Å². The monoisotopic (exact) mass is 201 g/mol. The lowest BCUT2D eigenvalue weighted by molar-refractivity contribution is 1.38. The van der Waals surface area contributed by atoms with Crippen LogP contribution in [0.25, 0.3) is 0 Å². The molecule has 0 radical (unpaired) electrons. The zero-order chi connectivity index (χ0) is 11.5. The van der Waals surface area contributed by atoms with Crippen molar-refractivity contribution < 1.29 is 0 Å². The van der Waals surface area contributed by atoms with Crippen molar-refractivity contribution in [3.63, 3.8) is 0 Å². The van der Waals surface area contributed by atoms with Gasteiger partial charge in [-0.1, -0.05) is 43.0 Å². The Kier molecular flexibility index (Phi) is 7.97. The molecule has 0 aromatic rings. The minimum atomic E-state index is 0.962. The van der Waals surface area contributed by atoms with Gasteiger partial charge in [0.2, 0.25) is 0 Å². The molecular formula is C14H19N. The maximum Gasteiger partial charge on any atom is 0.0583 e. The molecule has 0 atom stereocenters. The van der Waals surface area contributed by atoms with E-state index in [1.165, 1.54) is 0 Å². The van der Waals surface area contributed by atoms with Crippen LogP contribution in [-0.4, -0.2) is 6.21 Å². The molecule has 0 amide bonds. The van der Waals surface area contributed by atoms with Crippen LogP contribution < -0.4 is 0 Å². The molecule has 0 aliphatic rings. The molecule has 1 nitrogen and oxygen atoms in total. The fourth-order valence-electron chi connectivity index (χ4n) is 0.927. The highest BCUT2D eigenvalue weighted by molar-refractivity contribution is 5.83. The fraction of sp³-hybridized carbons (Fsp3) is 0.214. The molecule has 0 bridgehead atoms. The van der Waals surface area contributed by atoms with E-state index in [1.807, 2.05) is 63.4 Å². The van der Waals surface area contributed by atoms with Crippen molar-refractivity contribution >= 4 is 6.21 Å². The highest BCUT2D eigenvalue weighted by atomic mass is 14.7. The second kappa shape index (κ2) is 8.95. The van der Waals surface area contributed by atoms with Crippen LogP contribution in [0.2, 0.25) is 0 Å². The minimum absolute atomic E-state index is 0.962. The van der Waals surface area contributed by atoms with E-state index < -0.39 is 0 Å². The molecule has 0 N–H and O–H groups in total. The lowest BCUT2D eigenvalue weighted by Gasteiger charge is -1.93. The second-order valence-electron chi connectivity index (χ2n) is 2.86. The molecule has 0 aliphatic heterocycles. The molecule has 80 valence electrons. The maximum absolute atomic E-state index is 4.35. The summed E-state index contributed by atoms with van der Waals surface area (Å²) < 4.78 is 0. The molecule has 0 aromatic carbocycles. The number of allylic oxidation sites excluding steroid dienone is 8. The van der Waals surface area contributed by atoms with Crippen LogP contribution in [-0.2, 0) is 0 Å². The minimum Gasteiger partial charge on any atom is -0.257 e. The summed E-state index contributed by atoms with van der Waals surface area (Å²) in [5.41, 5.74) is 2.03. The smallest absolute Gasteiger partial charge is 0.0583 e. The van der Waals surface area contributed by atoms with Gasteiger partial charge in [0.1, 0.15) is 0 Å². The van der Waals surface area contributed by atoms with E-state index in [-0.39, 0.29) is 0 Å². The molecule has 0 saturated heterocycles. The third-order valence-corrected chi connectivity index (χ3v) is 1.75. The molecule has 0 heterocycles. The van der Waals surface area contributed by atoms with Crippen LogP contribution >= 0.6 is 0 Å². The highest BCUT2D eigenvalue weighted by Gasteiger charge is 1.85. The van der Waals surface area contributed by atoms with Gasteiger partial charge in [0.25, 0.3) is 0 Å².